The first-order valence-electron chi connectivity index (χ1n) is 18.6. The molecule has 0 spiro atoms. The third kappa shape index (κ3) is 4.92. The summed E-state index contributed by atoms with van der Waals surface area (Å²) >= 11 is 0. The molecule has 258 valence electrons. The van der Waals surface area contributed by atoms with Gasteiger partial charge in [0.2, 0.25) is 0 Å². The molecule has 11 rings (SSSR count). The Morgan fingerprint density at radius 3 is 1.73 bits per heavy atom. The summed E-state index contributed by atoms with van der Waals surface area (Å²) in [5, 5.41) is 2.35. The molecule has 1 aliphatic carbocycles. The van der Waals surface area contributed by atoms with Crippen LogP contribution in [0.25, 0.3) is 55.8 Å². The molecule has 4 nitrogen and oxygen atoms in total. The molecule has 0 atom stereocenters. The largest absolute Gasteiger partial charge is 0.449 e. The SMILES string of the molecule is c1ccc(-c2nc(-c3ccc4c(c3)Oc3c(ccc5c3-c3ccccc3C5(c3ccccc3)c3ccccc3)O4)cc(-c3ccc4ccccc4c3)n2)cc1. The Balaban J connectivity index is 1.06. The van der Waals surface area contributed by atoms with Gasteiger partial charge in [-0.3, -0.25) is 0 Å². The predicted molar refractivity (Wildman–Crippen MR) is 220 cm³/mol. The maximum atomic E-state index is 7.01. The number of hydrogen-bond acceptors (Lipinski definition) is 4. The lowest BCUT2D eigenvalue weighted by Gasteiger charge is -2.34. The van der Waals surface area contributed by atoms with E-state index in [9.17, 15) is 0 Å². The zero-order valence-corrected chi connectivity index (χ0v) is 29.7. The van der Waals surface area contributed by atoms with Gasteiger partial charge in [0.25, 0.3) is 0 Å². The maximum absolute atomic E-state index is 7.01. The minimum absolute atomic E-state index is 0.539. The normalized spacial score (nSPS) is 13.2. The van der Waals surface area contributed by atoms with Crippen molar-refractivity contribution in [3.63, 3.8) is 0 Å². The molecule has 2 heterocycles. The molecule has 2 aliphatic rings. The first-order valence-corrected chi connectivity index (χ1v) is 18.6. The number of ether oxygens (including phenoxy) is 2. The van der Waals surface area contributed by atoms with E-state index in [4.69, 9.17) is 19.4 Å². The van der Waals surface area contributed by atoms with E-state index >= 15 is 0 Å². The number of nitrogens with zero attached hydrogens (tertiary/aromatic N) is 2. The van der Waals surface area contributed by atoms with Gasteiger partial charge in [0.05, 0.1) is 16.8 Å². The lowest BCUT2D eigenvalue weighted by atomic mass is 9.68. The van der Waals surface area contributed by atoms with Crippen molar-refractivity contribution in [2.75, 3.05) is 0 Å². The van der Waals surface area contributed by atoms with Crippen molar-refractivity contribution in [2.24, 2.45) is 0 Å². The summed E-state index contributed by atoms with van der Waals surface area (Å²) in [5.74, 6) is 3.37. The van der Waals surface area contributed by atoms with Gasteiger partial charge in [0.1, 0.15) is 0 Å². The van der Waals surface area contributed by atoms with Gasteiger partial charge in [-0.05, 0) is 75.0 Å². The van der Waals surface area contributed by atoms with Crippen LogP contribution in [0.1, 0.15) is 22.3 Å². The van der Waals surface area contributed by atoms with Crippen LogP contribution in [0.15, 0.2) is 194 Å². The Hall–Kier alpha value is -7.30. The fraction of sp³-hybridized carbons (Fsp3) is 0.0196. The third-order valence-electron chi connectivity index (χ3n) is 11.0. The first kappa shape index (κ1) is 31.2. The fourth-order valence-electron chi connectivity index (χ4n) is 8.53. The molecule has 1 aromatic heterocycles. The highest BCUT2D eigenvalue weighted by molar-refractivity contribution is 5.92. The van der Waals surface area contributed by atoms with E-state index in [1.54, 1.807) is 0 Å². The third-order valence-corrected chi connectivity index (χ3v) is 11.0. The monoisotopic (exact) mass is 704 g/mol. The molecule has 9 aromatic rings. The van der Waals surface area contributed by atoms with Crippen LogP contribution in [0, 0.1) is 0 Å². The van der Waals surface area contributed by atoms with Gasteiger partial charge >= 0.3 is 0 Å². The Kier molecular flexibility index (Phi) is 7.04. The van der Waals surface area contributed by atoms with Crippen molar-refractivity contribution in [1.82, 2.24) is 9.97 Å². The van der Waals surface area contributed by atoms with Crippen LogP contribution >= 0.6 is 0 Å². The van der Waals surface area contributed by atoms with Crippen molar-refractivity contribution >= 4 is 10.8 Å². The van der Waals surface area contributed by atoms with Crippen molar-refractivity contribution in [3.05, 3.63) is 216 Å². The minimum atomic E-state index is -0.539. The lowest BCUT2D eigenvalue weighted by molar-refractivity contribution is 0.360. The minimum Gasteiger partial charge on any atom is -0.449 e. The zero-order valence-electron chi connectivity index (χ0n) is 29.7. The topological polar surface area (TPSA) is 44.2 Å². The van der Waals surface area contributed by atoms with Crippen LogP contribution < -0.4 is 9.47 Å². The number of rotatable bonds is 5. The molecule has 1 aliphatic heterocycles. The molecule has 8 aromatic carbocycles. The standard InChI is InChI=1S/C51H32N2O2/c1-4-15-34(16-5-1)50-52-43(36-25-24-33-14-10-11-17-35(33)30-36)32-44(53-50)37-26-28-45-47(31-37)55-49-46(54-45)29-27-42-48(49)40-22-12-13-23-41(40)51(42,38-18-6-2-7-19-38)39-20-8-3-9-21-39/h1-32H. The van der Waals surface area contributed by atoms with Gasteiger partial charge in [-0.25, -0.2) is 9.97 Å². The zero-order chi connectivity index (χ0) is 36.3. The molecular weight excluding hydrogens is 673 g/mol. The van der Waals surface area contributed by atoms with E-state index in [1.165, 1.54) is 22.1 Å². The molecular formula is C51H32N2O2. The Labute approximate surface area is 319 Å². The molecule has 0 saturated heterocycles. The van der Waals surface area contributed by atoms with E-state index in [0.29, 0.717) is 28.8 Å². The van der Waals surface area contributed by atoms with Crippen LogP contribution in [0.5, 0.6) is 23.0 Å². The highest BCUT2D eigenvalue weighted by atomic mass is 16.6. The smallest absolute Gasteiger partial charge is 0.178 e. The van der Waals surface area contributed by atoms with Crippen LogP contribution in [0.4, 0.5) is 0 Å². The van der Waals surface area contributed by atoms with Crippen molar-refractivity contribution in [1.29, 1.82) is 0 Å². The van der Waals surface area contributed by atoms with E-state index in [2.05, 4.69) is 146 Å². The van der Waals surface area contributed by atoms with Crippen LogP contribution in [0.2, 0.25) is 0 Å². The molecule has 0 fully saturated rings. The quantitative estimate of drug-likeness (QED) is 0.179. The molecule has 55 heavy (non-hydrogen) atoms. The maximum Gasteiger partial charge on any atom is 0.178 e. The summed E-state index contributed by atoms with van der Waals surface area (Å²) in [5.41, 5.74) is 11.0. The summed E-state index contributed by atoms with van der Waals surface area (Å²) in [4.78, 5) is 10.2. The molecule has 0 amide bonds. The van der Waals surface area contributed by atoms with E-state index in [-0.39, 0.29) is 0 Å². The molecule has 0 N–H and O–H groups in total. The second kappa shape index (κ2) is 12.4. The molecule has 0 saturated carbocycles. The number of aromatic nitrogens is 2. The summed E-state index contributed by atoms with van der Waals surface area (Å²) in [6, 6.07) is 67.7. The highest BCUT2D eigenvalue weighted by Crippen LogP contribution is 2.62. The van der Waals surface area contributed by atoms with Crippen molar-refractivity contribution in [2.45, 2.75) is 5.41 Å². The Morgan fingerprint density at radius 1 is 0.382 bits per heavy atom. The Morgan fingerprint density at radius 2 is 0.982 bits per heavy atom. The average Bonchev–Trinajstić information content (AvgIpc) is 3.57. The molecule has 0 radical (unpaired) electrons. The summed E-state index contributed by atoms with van der Waals surface area (Å²) < 4.78 is 13.7. The fourth-order valence-corrected chi connectivity index (χ4v) is 8.53. The van der Waals surface area contributed by atoms with Crippen LogP contribution in [0.3, 0.4) is 0 Å². The summed E-state index contributed by atoms with van der Waals surface area (Å²) in [6.07, 6.45) is 0. The van der Waals surface area contributed by atoms with Gasteiger partial charge in [-0.15, -0.1) is 0 Å². The summed E-state index contributed by atoms with van der Waals surface area (Å²) in [6.45, 7) is 0. The first-order chi connectivity index (χ1) is 27.2. The van der Waals surface area contributed by atoms with E-state index in [0.717, 1.165) is 50.2 Å². The summed E-state index contributed by atoms with van der Waals surface area (Å²) in [7, 11) is 0. The van der Waals surface area contributed by atoms with Crippen molar-refractivity contribution < 1.29 is 9.47 Å². The predicted octanol–water partition coefficient (Wildman–Crippen LogP) is 12.9. The van der Waals surface area contributed by atoms with Gasteiger partial charge < -0.3 is 9.47 Å². The van der Waals surface area contributed by atoms with Crippen molar-refractivity contribution in [3.8, 4) is 68.0 Å². The molecule has 0 bridgehead atoms. The van der Waals surface area contributed by atoms with E-state index < -0.39 is 5.41 Å². The van der Waals surface area contributed by atoms with Crippen LogP contribution in [-0.4, -0.2) is 9.97 Å². The second-order valence-corrected chi connectivity index (χ2v) is 14.1. The number of hydrogen-bond donors (Lipinski definition) is 0. The molecule has 0 unspecified atom stereocenters. The second-order valence-electron chi connectivity index (χ2n) is 14.1. The van der Waals surface area contributed by atoms with Crippen LogP contribution in [-0.2, 0) is 5.41 Å². The average molecular weight is 705 g/mol. The van der Waals surface area contributed by atoms with Gasteiger partial charge in [0.15, 0.2) is 28.8 Å². The number of benzene rings is 8. The lowest BCUT2D eigenvalue weighted by Crippen LogP contribution is -2.28. The Bertz CT molecular complexity index is 2880. The van der Waals surface area contributed by atoms with Gasteiger partial charge in [-0.1, -0.05) is 158 Å². The van der Waals surface area contributed by atoms with Gasteiger partial charge in [-0.2, -0.15) is 0 Å². The van der Waals surface area contributed by atoms with E-state index in [1.807, 2.05) is 48.5 Å². The highest BCUT2D eigenvalue weighted by Gasteiger charge is 2.48. The molecule has 4 heteroatoms. The number of fused-ring (bicyclic) bond motifs is 7. The van der Waals surface area contributed by atoms with Gasteiger partial charge in [0, 0.05) is 22.3 Å².